The second-order valence-corrected chi connectivity index (χ2v) is 8.53. The van der Waals surface area contributed by atoms with Crippen molar-refractivity contribution in [3.63, 3.8) is 0 Å². The summed E-state index contributed by atoms with van der Waals surface area (Å²) in [6, 6.07) is 0. The summed E-state index contributed by atoms with van der Waals surface area (Å²) in [5, 5.41) is 15.2. The van der Waals surface area contributed by atoms with Gasteiger partial charge in [-0.1, -0.05) is 25.7 Å². The van der Waals surface area contributed by atoms with E-state index in [-0.39, 0.29) is 24.0 Å². The SMILES string of the molecule is Cc1nnc(CN=C(NCCCN2CCOCC2)NCCOC2CCCCCC2)n1C.I. The highest BCUT2D eigenvalue weighted by molar-refractivity contribution is 14.0. The van der Waals surface area contributed by atoms with Crippen molar-refractivity contribution in [2.45, 2.75) is 64.5 Å². The molecule has 0 aromatic carbocycles. The lowest BCUT2D eigenvalue weighted by atomic mass is 10.1. The van der Waals surface area contributed by atoms with E-state index in [0.717, 1.165) is 70.0 Å². The topological polar surface area (TPSA) is 88.8 Å². The molecule has 32 heavy (non-hydrogen) atoms. The highest BCUT2D eigenvalue weighted by Gasteiger charge is 2.13. The number of guanidine groups is 1. The zero-order valence-corrected chi connectivity index (χ0v) is 22.2. The van der Waals surface area contributed by atoms with Crippen LogP contribution in [0.2, 0.25) is 0 Å². The van der Waals surface area contributed by atoms with E-state index in [1.165, 1.54) is 38.5 Å². The first-order valence-electron chi connectivity index (χ1n) is 12.0. The maximum Gasteiger partial charge on any atom is 0.191 e. The van der Waals surface area contributed by atoms with Crippen molar-refractivity contribution in [3.8, 4) is 0 Å². The molecule has 2 heterocycles. The van der Waals surface area contributed by atoms with E-state index >= 15 is 0 Å². The Morgan fingerprint density at radius 1 is 1.09 bits per heavy atom. The van der Waals surface area contributed by atoms with E-state index in [1.807, 2.05) is 18.5 Å². The van der Waals surface area contributed by atoms with E-state index in [0.29, 0.717) is 19.3 Å². The van der Waals surface area contributed by atoms with Gasteiger partial charge in [0.05, 0.1) is 25.9 Å². The van der Waals surface area contributed by atoms with Crippen LogP contribution < -0.4 is 10.6 Å². The minimum atomic E-state index is 0. The molecule has 2 N–H and O–H groups in total. The van der Waals surface area contributed by atoms with Gasteiger partial charge in [-0.15, -0.1) is 34.2 Å². The van der Waals surface area contributed by atoms with E-state index < -0.39 is 0 Å². The first-order chi connectivity index (χ1) is 15.2. The summed E-state index contributed by atoms with van der Waals surface area (Å²) in [5.41, 5.74) is 0. The van der Waals surface area contributed by atoms with E-state index in [1.54, 1.807) is 0 Å². The molecule has 0 bridgehead atoms. The quantitative estimate of drug-likeness (QED) is 0.149. The van der Waals surface area contributed by atoms with Gasteiger partial charge in [-0.25, -0.2) is 4.99 Å². The largest absolute Gasteiger partial charge is 0.379 e. The van der Waals surface area contributed by atoms with Crippen LogP contribution in [0.15, 0.2) is 4.99 Å². The van der Waals surface area contributed by atoms with E-state index in [9.17, 15) is 0 Å². The van der Waals surface area contributed by atoms with Crippen LogP contribution in [0.5, 0.6) is 0 Å². The Hall–Kier alpha value is -0.980. The molecule has 1 aliphatic carbocycles. The number of aryl methyl sites for hydroxylation is 1. The number of aliphatic imine (C=N–C) groups is 1. The van der Waals surface area contributed by atoms with E-state index in [4.69, 9.17) is 14.5 Å². The summed E-state index contributed by atoms with van der Waals surface area (Å²) < 4.78 is 13.5. The van der Waals surface area contributed by atoms with Crippen molar-refractivity contribution in [1.82, 2.24) is 30.3 Å². The van der Waals surface area contributed by atoms with Crippen molar-refractivity contribution in [2.75, 3.05) is 52.5 Å². The Morgan fingerprint density at radius 2 is 1.81 bits per heavy atom. The highest BCUT2D eigenvalue weighted by Crippen LogP contribution is 2.19. The molecule has 184 valence electrons. The fraction of sp³-hybridized carbons (Fsp3) is 0.864. The number of hydrogen-bond acceptors (Lipinski definition) is 6. The number of morpholine rings is 1. The fourth-order valence-corrected chi connectivity index (χ4v) is 4.05. The van der Waals surface area contributed by atoms with Crippen LogP contribution in [0.4, 0.5) is 0 Å². The third kappa shape index (κ3) is 9.88. The first kappa shape index (κ1) is 27.3. The Balaban J connectivity index is 0.00000363. The molecular weight excluding hydrogens is 521 g/mol. The van der Waals surface area contributed by atoms with Crippen molar-refractivity contribution < 1.29 is 9.47 Å². The summed E-state index contributed by atoms with van der Waals surface area (Å²) in [6.07, 6.45) is 9.20. The Morgan fingerprint density at radius 3 is 2.50 bits per heavy atom. The molecule has 1 saturated heterocycles. The number of halogens is 1. The van der Waals surface area contributed by atoms with Crippen LogP contribution in [0, 0.1) is 6.92 Å². The molecule has 9 nitrogen and oxygen atoms in total. The minimum Gasteiger partial charge on any atom is -0.379 e. The molecule has 0 amide bonds. The van der Waals surface area contributed by atoms with E-state index in [2.05, 4.69) is 25.7 Å². The molecule has 2 aliphatic rings. The third-order valence-corrected chi connectivity index (χ3v) is 6.16. The van der Waals surface area contributed by atoms with Crippen LogP contribution in [0.25, 0.3) is 0 Å². The van der Waals surface area contributed by atoms with Crippen molar-refractivity contribution in [2.24, 2.45) is 12.0 Å². The lowest BCUT2D eigenvalue weighted by Gasteiger charge is -2.26. The third-order valence-electron chi connectivity index (χ3n) is 6.16. The fourth-order valence-electron chi connectivity index (χ4n) is 4.05. The monoisotopic (exact) mass is 563 g/mol. The lowest BCUT2D eigenvalue weighted by molar-refractivity contribution is 0.0376. The molecule has 1 aromatic rings. The normalized spacial score (nSPS) is 18.8. The maximum atomic E-state index is 6.11. The number of hydrogen-bond donors (Lipinski definition) is 2. The molecule has 0 radical (unpaired) electrons. The van der Waals surface area contributed by atoms with Crippen molar-refractivity contribution >= 4 is 29.9 Å². The molecule has 2 fully saturated rings. The van der Waals surface area contributed by atoms with Crippen LogP contribution in [-0.4, -0.2) is 84.3 Å². The smallest absolute Gasteiger partial charge is 0.191 e. The predicted molar refractivity (Wildman–Crippen MR) is 138 cm³/mol. The van der Waals surface area contributed by atoms with Crippen LogP contribution in [0.1, 0.15) is 56.6 Å². The molecule has 1 saturated carbocycles. The zero-order chi connectivity index (χ0) is 21.7. The predicted octanol–water partition coefficient (Wildman–Crippen LogP) is 2.24. The number of rotatable bonds is 10. The van der Waals surface area contributed by atoms with Gasteiger partial charge in [0.15, 0.2) is 11.8 Å². The van der Waals surface area contributed by atoms with Crippen LogP contribution in [-0.2, 0) is 23.1 Å². The summed E-state index contributed by atoms with van der Waals surface area (Å²) >= 11 is 0. The Kier molecular flexibility index (Phi) is 13.4. The number of nitrogens with zero attached hydrogens (tertiary/aromatic N) is 5. The molecule has 0 atom stereocenters. The minimum absolute atomic E-state index is 0. The second-order valence-electron chi connectivity index (χ2n) is 8.53. The van der Waals surface area contributed by atoms with Gasteiger partial charge in [0.25, 0.3) is 0 Å². The van der Waals surface area contributed by atoms with Gasteiger partial charge in [0, 0.05) is 33.2 Å². The van der Waals surface area contributed by atoms with Gasteiger partial charge < -0.3 is 24.7 Å². The van der Waals surface area contributed by atoms with Gasteiger partial charge >= 0.3 is 0 Å². The molecule has 3 rings (SSSR count). The van der Waals surface area contributed by atoms with Gasteiger partial charge in [0.2, 0.25) is 0 Å². The highest BCUT2D eigenvalue weighted by atomic mass is 127. The molecule has 1 aliphatic heterocycles. The summed E-state index contributed by atoms with van der Waals surface area (Å²) in [7, 11) is 1.98. The lowest BCUT2D eigenvalue weighted by Crippen LogP contribution is -2.42. The van der Waals surface area contributed by atoms with Crippen molar-refractivity contribution in [1.29, 1.82) is 0 Å². The summed E-state index contributed by atoms with van der Waals surface area (Å²) in [4.78, 5) is 7.19. The van der Waals surface area contributed by atoms with Gasteiger partial charge in [0.1, 0.15) is 12.4 Å². The number of ether oxygens (including phenoxy) is 2. The Labute approximate surface area is 210 Å². The maximum absolute atomic E-state index is 6.11. The number of nitrogens with one attached hydrogen (secondary N) is 2. The molecule has 1 aromatic heterocycles. The van der Waals surface area contributed by atoms with Gasteiger partial charge in [-0.3, -0.25) is 4.90 Å². The average Bonchev–Trinajstić information content (AvgIpc) is 2.98. The molecule has 0 spiro atoms. The van der Waals surface area contributed by atoms with Crippen LogP contribution >= 0.6 is 24.0 Å². The zero-order valence-electron chi connectivity index (χ0n) is 19.9. The summed E-state index contributed by atoms with van der Waals surface area (Å²) in [5.74, 6) is 2.57. The standard InChI is InChI=1S/C22H41N7O2.HI/c1-19-26-27-21(28(19)2)18-25-22(23-10-7-12-29-13-16-30-17-14-29)24-11-15-31-20-8-5-3-4-6-9-20;/h20H,3-18H2,1-2H3,(H2,23,24,25);1H. The average molecular weight is 564 g/mol. The summed E-state index contributed by atoms with van der Waals surface area (Å²) in [6.45, 7) is 9.63. The van der Waals surface area contributed by atoms with Gasteiger partial charge in [-0.05, 0) is 32.7 Å². The van der Waals surface area contributed by atoms with Crippen molar-refractivity contribution in [3.05, 3.63) is 11.6 Å². The number of aromatic nitrogens is 3. The van der Waals surface area contributed by atoms with Crippen LogP contribution in [0.3, 0.4) is 0 Å². The molecule has 10 heteroatoms. The first-order valence-corrected chi connectivity index (χ1v) is 12.0. The van der Waals surface area contributed by atoms with Gasteiger partial charge in [-0.2, -0.15) is 0 Å². The Bertz CT molecular complexity index is 657. The molecule has 0 unspecified atom stereocenters. The molecular formula is C22H42IN7O2. The second kappa shape index (κ2) is 15.8.